The molecule has 2 aromatic carbocycles. The van der Waals surface area contributed by atoms with E-state index < -0.39 is 0 Å². The SMILES string of the molecule is CCCCCCc1ccc(-c2ncc(-c3ccc(OC(=O)CCCC(C)CCCCCC)cc3)cn2)cc1. The number of benzene rings is 2. The third-order valence-corrected chi connectivity index (χ3v) is 7.23. The molecule has 0 bridgehead atoms. The van der Waals surface area contributed by atoms with Crippen LogP contribution in [0.25, 0.3) is 22.5 Å². The van der Waals surface area contributed by atoms with Gasteiger partial charge in [0.15, 0.2) is 5.82 Å². The summed E-state index contributed by atoms with van der Waals surface area (Å²) in [4.78, 5) is 21.5. The lowest BCUT2D eigenvalue weighted by Gasteiger charge is -2.11. The summed E-state index contributed by atoms with van der Waals surface area (Å²) in [7, 11) is 0. The van der Waals surface area contributed by atoms with Crippen LogP contribution in [0.3, 0.4) is 0 Å². The van der Waals surface area contributed by atoms with E-state index in [9.17, 15) is 4.79 Å². The number of aryl methyl sites for hydroxylation is 1. The van der Waals surface area contributed by atoms with Gasteiger partial charge < -0.3 is 4.74 Å². The molecule has 0 aliphatic heterocycles. The van der Waals surface area contributed by atoms with Crippen LogP contribution in [0, 0.1) is 5.92 Å². The van der Waals surface area contributed by atoms with Gasteiger partial charge in [-0.1, -0.05) is 115 Å². The number of unbranched alkanes of at least 4 members (excludes halogenated alkanes) is 6. The fraction of sp³-hybridized carbons (Fsp3) is 0.500. The van der Waals surface area contributed by atoms with Crippen LogP contribution in [-0.4, -0.2) is 15.9 Å². The van der Waals surface area contributed by atoms with Crippen molar-refractivity contribution >= 4 is 5.97 Å². The Labute approximate surface area is 230 Å². The fourth-order valence-corrected chi connectivity index (χ4v) is 4.76. The van der Waals surface area contributed by atoms with Crippen molar-refractivity contribution in [3.63, 3.8) is 0 Å². The van der Waals surface area contributed by atoms with Gasteiger partial charge >= 0.3 is 5.97 Å². The highest BCUT2D eigenvalue weighted by Gasteiger charge is 2.09. The van der Waals surface area contributed by atoms with Crippen LogP contribution in [0.2, 0.25) is 0 Å². The second-order valence-electron chi connectivity index (χ2n) is 10.6. The fourth-order valence-electron chi connectivity index (χ4n) is 4.76. The molecule has 1 atom stereocenters. The molecule has 0 saturated heterocycles. The molecular formula is C34H46N2O2. The van der Waals surface area contributed by atoms with E-state index in [4.69, 9.17) is 4.74 Å². The molecule has 0 spiro atoms. The number of aromatic nitrogens is 2. The van der Waals surface area contributed by atoms with Crippen molar-refractivity contribution in [1.29, 1.82) is 0 Å². The molecule has 0 aliphatic rings. The molecule has 0 fully saturated rings. The molecule has 1 unspecified atom stereocenters. The summed E-state index contributed by atoms with van der Waals surface area (Å²) in [6, 6.07) is 16.2. The molecule has 38 heavy (non-hydrogen) atoms. The van der Waals surface area contributed by atoms with Gasteiger partial charge in [0.1, 0.15) is 5.75 Å². The number of ether oxygens (including phenoxy) is 1. The van der Waals surface area contributed by atoms with E-state index in [1.54, 1.807) is 0 Å². The van der Waals surface area contributed by atoms with E-state index in [1.807, 2.05) is 36.7 Å². The Morgan fingerprint density at radius 1 is 0.711 bits per heavy atom. The van der Waals surface area contributed by atoms with E-state index in [0.29, 0.717) is 18.1 Å². The van der Waals surface area contributed by atoms with E-state index in [2.05, 4.69) is 55.0 Å². The van der Waals surface area contributed by atoms with Crippen molar-refractivity contribution in [3.05, 3.63) is 66.5 Å². The standard InChI is InChI=1S/C34H46N2O2/c1-4-6-8-10-13-27(3)14-12-16-33(37)38-32-23-21-29(22-24-32)31-25-35-34(36-26-31)30-19-17-28(18-20-30)15-11-9-7-5-2/h17-27H,4-16H2,1-3H3. The van der Waals surface area contributed by atoms with Gasteiger partial charge in [-0.25, -0.2) is 9.97 Å². The van der Waals surface area contributed by atoms with E-state index in [1.165, 1.54) is 63.4 Å². The van der Waals surface area contributed by atoms with Crippen LogP contribution in [0.1, 0.15) is 103 Å². The first-order valence-electron chi connectivity index (χ1n) is 14.8. The summed E-state index contributed by atoms with van der Waals surface area (Å²) in [5, 5.41) is 0. The summed E-state index contributed by atoms with van der Waals surface area (Å²) < 4.78 is 5.55. The van der Waals surface area contributed by atoms with Crippen LogP contribution < -0.4 is 4.74 Å². The molecule has 0 radical (unpaired) electrons. The summed E-state index contributed by atoms with van der Waals surface area (Å²) in [5.41, 5.74) is 4.33. The lowest BCUT2D eigenvalue weighted by Crippen LogP contribution is -2.08. The number of hydrogen-bond donors (Lipinski definition) is 0. The number of esters is 1. The van der Waals surface area contributed by atoms with Gasteiger partial charge in [0, 0.05) is 29.9 Å². The maximum atomic E-state index is 12.3. The lowest BCUT2D eigenvalue weighted by atomic mass is 9.97. The van der Waals surface area contributed by atoms with Gasteiger partial charge in [-0.3, -0.25) is 4.79 Å². The maximum absolute atomic E-state index is 12.3. The molecule has 3 rings (SSSR count). The Balaban J connectivity index is 1.44. The highest BCUT2D eigenvalue weighted by atomic mass is 16.5. The molecule has 4 nitrogen and oxygen atoms in total. The molecule has 0 amide bonds. The zero-order valence-electron chi connectivity index (χ0n) is 23.8. The van der Waals surface area contributed by atoms with E-state index in [0.717, 1.165) is 41.8 Å². The van der Waals surface area contributed by atoms with Crippen LogP contribution in [0.15, 0.2) is 60.9 Å². The third kappa shape index (κ3) is 10.4. The minimum Gasteiger partial charge on any atom is -0.427 e. The van der Waals surface area contributed by atoms with Crippen LogP contribution in [0.5, 0.6) is 5.75 Å². The molecule has 3 aromatic rings. The highest BCUT2D eigenvalue weighted by Crippen LogP contribution is 2.24. The molecule has 1 aromatic heterocycles. The zero-order chi connectivity index (χ0) is 27.0. The Kier molecular flexibility index (Phi) is 13.0. The number of nitrogens with zero attached hydrogens (tertiary/aromatic N) is 2. The summed E-state index contributed by atoms with van der Waals surface area (Å²) >= 11 is 0. The minimum atomic E-state index is -0.157. The molecule has 0 N–H and O–H groups in total. The van der Waals surface area contributed by atoms with Crippen LogP contribution in [0.4, 0.5) is 0 Å². The van der Waals surface area contributed by atoms with Crippen molar-refractivity contribution in [3.8, 4) is 28.3 Å². The molecule has 4 heteroatoms. The summed E-state index contributed by atoms with van der Waals surface area (Å²) in [5.74, 6) is 1.83. The average Bonchev–Trinajstić information content (AvgIpc) is 2.94. The second-order valence-corrected chi connectivity index (χ2v) is 10.6. The Morgan fingerprint density at radius 3 is 1.97 bits per heavy atom. The largest absolute Gasteiger partial charge is 0.427 e. The Hall–Kier alpha value is -3.01. The highest BCUT2D eigenvalue weighted by molar-refractivity contribution is 5.73. The van der Waals surface area contributed by atoms with E-state index in [-0.39, 0.29) is 5.97 Å². The zero-order valence-corrected chi connectivity index (χ0v) is 23.8. The van der Waals surface area contributed by atoms with Gasteiger partial charge in [-0.05, 0) is 48.4 Å². The minimum absolute atomic E-state index is 0.157. The number of carbonyl (C=O) groups excluding carboxylic acids is 1. The Bertz CT molecular complexity index is 1060. The summed E-state index contributed by atoms with van der Waals surface area (Å²) in [6.45, 7) is 6.77. The summed E-state index contributed by atoms with van der Waals surface area (Å²) in [6.07, 6.45) is 18.9. The molecular weight excluding hydrogens is 468 g/mol. The van der Waals surface area contributed by atoms with Crippen molar-refractivity contribution in [2.75, 3.05) is 0 Å². The number of carbonyl (C=O) groups is 1. The second kappa shape index (κ2) is 16.8. The van der Waals surface area contributed by atoms with Crippen LogP contribution >= 0.6 is 0 Å². The normalized spacial score (nSPS) is 11.9. The van der Waals surface area contributed by atoms with Crippen LogP contribution in [-0.2, 0) is 11.2 Å². The van der Waals surface area contributed by atoms with Gasteiger partial charge in [-0.15, -0.1) is 0 Å². The first-order valence-corrected chi connectivity index (χ1v) is 14.8. The predicted molar refractivity (Wildman–Crippen MR) is 158 cm³/mol. The molecule has 0 saturated carbocycles. The van der Waals surface area contributed by atoms with Gasteiger partial charge in [0.25, 0.3) is 0 Å². The van der Waals surface area contributed by atoms with E-state index >= 15 is 0 Å². The van der Waals surface area contributed by atoms with Crippen molar-refractivity contribution in [1.82, 2.24) is 9.97 Å². The van der Waals surface area contributed by atoms with Crippen molar-refractivity contribution in [2.45, 2.75) is 104 Å². The quantitative estimate of drug-likeness (QED) is 0.102. The number of hydrogen-bond acceptors (Lipinski definition) is 4. The smallest absolute Gasteiger partial charge is 0.311 e. The molecule has 204 valence electrons. The maximum Gasteiger partial charge on any atom is 0.311 e. The van der Waals surface area contributed by atoms with Gasteiger partial charge in [-0.2, -0.15) is 0 Å². The first kappa shape index (κ1) is 29.5. The molecule has 1 heterocycles. The van der Waals surface area contributed by atoms with Gasteiger partial charge in [0.05, 0.1) is 0 Å². The lowest BCUT2D eigenvalue weighted by molar-refractivity contribution is -0.134. The molecule has 0 aliphatic carbocycles. The Morgan fingerprint density at radius 2 is 1.32 bits per heavy atom. The predicted octanol–water partition coefficient (Wildman–Crippen LogP) is 9.62. The monoisotopic (exact) mass is 514 g/mol. The third-order valence-electron chi connectivity index (χ3n) is 7.23. The number of rotatable bonds is 17. The van der Waals surface area contributed by atoms with Crippen molar-refractivity contribution < 1.29 is 9.53 Å². The average molecular weight is 515 g/mol. The van der Waals surface area contributed by atoms with Gasteiger partial charge in [0.2, 0.25) is 0 Å². The first-order chi connectivity index (χ1) is 18.6. The van der Waals surface area contributed by atoms with Crippen molar-refractivity contribution in [2.24, 2.45) is 5.92 Å². The topological polar surface area (TPSA) is 52.1 Å².